The van der Waals surface area contributed by atoms with E-state index in [0.717, 1.165) is 48.6 Å². The van der Waals surface area contributed by atoms with Crippen molar-refractivity contribution in [2.45, 2.75) is 25.8 Å². The summed E-state index contributed by atoms with van der Waals surface area (Å²) in [6.45, 7) is 3.13. The van der Waals surface area contributed by atoms with Gasteiger partial charge in [0.25, 0.3) is 5.91 Å². The third-order valence-corrected chi connectivity index (χ3v) is 6.00. The maximum Gasteiger partial charge on any atom is 0.254 e. The highest BCUT2D eigenvalue weighted by atomic mass is 35.5. The minimum Gasteiger partial charge on any atom is -0.383 e. The molecule has 168 valence electrons. The van der Waals surface area contributed by atoms with Crippen molar-refractivity contribution in [3.05, 3.63) is 70.7 Å². The fourth-order valence-electron chi connectivity index (χ4n) is 4.03. The van der Waals surface area contributed by atoms with Gasteiger partial charge in [-0.05, 0) is 43.5 Å². The lowest BCUT2D eigenvalue weighted by molar-refractivity contribution is 0.0680. The summed E-state index contributed by atoms with van der Waals surface area (Å²) >= 11 is 6.02. The number of hydrogen-bond donors (Lipinski definition) is 0. The van der Waals surface area contributed by atoms with Crippen LogP contribution in [0.4, 0.5) is 5.88 Å². The number of carbonyl (C=O) groups excluding carboxylic acids is 1. The van der Waals surface area contributed by atoms with Crippen molar-refractivity contribution in [2.75, 3.05) is 38.3 Å². The lowest BCUT2D eigenvalue weighted by Crippen LogP contribution is -2.35. The normalized spacial score (nSPS) is 13.9. The van der Waals surface area contributed by atoms with Gasteiger partial charge in [0.15, 0.2) is 0 Å². The summed E-state index contributed by atoms with van der Waals surface area (Å²) in [5.41, 5.74) is 3.26. The summed E-state index contributed by atoms with van der Waals surface area (Å²) in [5, 5.41) is 5.04. The van der Waals surface area contributed by atoms with Gasteiger partial charge in [-0.25, -0.2) is 0 Å². The Morgan fingerprint density at radius 3 is 2.50 bits per heavy atom. The molecule has 1 aliphatic heterocycles. The van der Waals surface area contributed by atoms with Crippen LogP contribution in [0.5, 0.6) is 0 Å². The molecule has 0 unspecified atom stereocenters. The summed E-state index contributed by atoms with van der Waals surface area (Å²) in [7, 11) is 1.64. The summed E-state index contributed by atoms with van der Waals surface area (Å²) in [5.74, 6) is 0.679. The number of piperidine rings is 1. The highest BCUT2D eigenvalue weighted by Gasteiger charge is 2.27. The van der Waals surface area contributed by atoms with E-state index in [1.807, 2.05) is 30.3 Å². The van der Waals surface area contributed by atoms with Crippen molar-refractivity contribution in [1.82, 2.24) is 10.1 Å². The van der Waals surface area contributed by atoms with Crippen LogP contribution in [-0.4, -0.2) is 49.3 Å². The van der Waals surface area contributed by atoms with Crippen molar-refractivity contribution < 1.29 is 14.1 Å². The van der Waals surface area contributed by atoms with Crippen LogP contribution >= 0.6 is 11.6 Å². The average Bonchev–Trinajstić information content (AvgIpc) is 3.26. The summed E-state index contributed by atoms with van der Waals surface area (Å²) in [6, 6.07) is 16.9. The maximum absolute atomic E-state index is 13.4. The van der Waals surface area contributed by atoms with Crippen LogP contribution in [0.15, 0.2) is 59.1 Å². The molecule has 0 saturated carbocycles. The first kappa shape index (κ1) is 22.4. The van der Waals surface area contributed by atoms with E-state index in [2.05, 4.69) is 10.1 Å². The zero-order valence-corrected chi connectivity index (χ0v) is 19.1. The average molecular weight is 454 g/mol. The van der Waals surface area contributed by atoms with Gasteiger partial charge in [0.1, 0.15) is 5.69 Å². The molecule has 6 nitrogen and oxygen atoms in total. The van der Waals surface area contributed by atoms with Gasteiger partial charge in [-0.3, -0.25) is 4.79 Å². The molecule has 0 radical (unpaired) electrons. The largest absolute Gasteiger partial charge is 0.383 e. The van der Waals surface area contributed by atoms with Crippen LogP contribution in [0.3, 0.4) is 0 Å². The van der Waals surface area contributed by atoms with Crippen molar-refractivity contribution in [3.63, 3.8) is 0 Å². The second kappa shape index (κ2) is 10.7. The van der Waals surface area contributed by atoms with E-state index in [9.17, 15) is 4.79 Å². The predicted octanol–water partition coefficient (Wildman–Crippen LogP) is 5.27. The number of ether oxygens (including phenoxy) is 1. The van der Waals surface area contributed by atoms with E-state index in [1.54, 1.807) is 36.3 Å². The molecule has 0 atom stereocenters. The molecule has 1 amide bonds. The maximum atomic E-state index is 13.4. The highest BCUT2D eigenvalue weighted by molar-refractivity contribution is 6.30. The number of hydrogen-bond acceptors (Lipinski definition) is 5. The zero-order chi connectivity index (χ0) is 22.3. The summed E-state index contributed by atoms with van der Waals surface area (Å²) in [6.07, 6.45) is 3.47. The van der Waals surface area contributed by atoms with E-state index in [4.69, 9.17) is 20.9 Å². The Kier molecular flexibility index (Phi) is 7.45. The fraction of sp³-hybridized carbons (Fsp3) is 0.360. The van der Waals surface area contributed by atoms with E-state index in [0.29, 0.717) is 30.3 Å². The van der Waals surface area contributed by atoms with Crippen LogP contribution in [0.25, 0.3) is 11.3 Å². The number of nitrogens with zero attached hydrogens (tertiary/aromatic N) is 3. The first-order valence-electron chi connectivity index (χ1n) is 11.0. The summed E-state index contributed by atoms with van der Waals surface area (Å²) < 4.78 is 11.2. The van der Waals surface area contributed by atoms with Crippen molar-refractivity contribution >= 4 is 23.4 Å². The molecule has 2 heterocycles. The lowest BCUT2D eigenvalue weighted by atomic mass is 10.0. The van der Waals surface area contributed by atoms with Gasteiger partial charge < -0.3 is 19.1 Å². The second-order valence-electron chi connectivity index (χ2n) is 7.96. The Hall–Kier alpha value is -2.83. The fourth-order valence-corrected chi connectivity index (χ4v) is 4.16. The molecular formula is C25H28ClN3O3. The molecule has 0 bridgehead atoms. The standard InChI is InChI=1S/C25H28ClN3O3/c1-31-17-16-29(24(30)20-10-12-21(26)13-11-20)18-22-23(19-8-4-2-5-9-19)27-32-25(22)28-14-6-3-7-15-28/h2,4-5,8-13H,3,6-7,14-18H2,1H3. The minimum atomic E-state index is -0.0801. The quantitative estimate of drug-likeness (QED) is 0.464. The molecule has 32 heavy (non-hydrogen) atoms. The smallest absolute Gasteiger partial charge is 0.254 e. The first-order valence-corrected chi connectivity index (χ1v) is 11.4. The number of anilines is 1. The molecule has 0 aliphatic carbocycles. The van der Waals surface area contributed by atoms with Gasteiger partial charge in [-0.2, -0.15) is 0 Å². The number of carbonyl (C=O) groups is 1. The molecule has 3 aromatic rings. The summed E-state index contributed by atoms with van der Waals surface area (Å²) in [4.78, 5) is 17.4. The number of amides is 1. The molecule has 2 aromatic carbocycles. The van der Waals surface area contributed by atoms with Crippen molar-refractivity contribution in [2.24, 2.45) is 0 Å². The molecule has 1 saturated heterocycles. The molecule has 7 heteroatoms. The van der Waals surface area contributed by atoms with Crippen LogP contribution < -0.4 is 4.90 Å². The van der Waals surface area contributed by atoms with Gasteiger partial charge in [0.05, 0.1) is 18.7 Å². The predicted molar refractivity (Wildman–Crippen MR) is 126 cm³/mol. The SMILES string of the molecule is COCCN(Cc1c(-c2ccccc2)noc1N1CCCCC1)C(=O)c1ccc(Cl)cc1. The number of aromatic nitrogens is 1. The third-order valence-electron chi connectivity index (χ3n) is 5.75. The van der Waals surface area contributed by atoms with E-state index >= 15 is 0 Å². The van der Waals surface area contributed by atoms with Gasteiger partial charge in [0, 0.05) is 42.9 Å². The van der Waals surface area contributed by atoms with Gasteiger partial charge in [-0.1, -0.05) is 47.1 Å². The molecule has 0 N–H and O–H groups in total. The van der Waals surface area contributed by atoms with Crippen LogP contribution in [0, 0.1) is 0 Å². The zero-order valence-electron chi connectivity index (χ0n) is 18.3. The molecule has 0 spiro atoms. The lowest BCUT2D eigenvalue weighted by Gasteiger charge is -2.28. The molecule has 1 fully saturated rings. The minimum absolute atomic E-state index is 0.0801. The van der Waals surface area contributed by atoms with Crippen LogP contribution in [-0.2, 0) is 11.3 Å². The molecule has 1 aliphatic rings. The Labute approximate surface area is 193 Å². The number of rotatable bonds is 8. The van der Waals surface area contributed by atoms with Crippen LogP contribution in [0.1, 0.15) is 35.2 Å². The number of halogens is 1. The molecular weight excluding hydrogens is 426 g/mol. The van der Waals surface area contributed by atoms with Crippen molar-refractivity contribution in [1.29, 1.82) is 0 Å². The van der Waals surface area contributed by atoms with Gasteiger partial charge >= 0.3 is 0 Å². The number of benzene rings is 2. The Balaban J connectivity index is 1.70. The Bertz CT molecular complexity index is 1010. The highest BCUT2D eigenvalue weighted by Crippen LogP contribution is 2.34. The Morgan fingerprint density at radius 2 is 1.81 bits per heavy atom. The second-order valence-corrected chi connectivity index (χ2v) is 8.39. The number of methoxy groups -OCH3 is 1. The van der Waals surface area contributed by atoms with Gasteiger partial charge in [0.2, 0.25) is 5.88 Å². The third kappa shape index (κ3) is 5.14. The van der Waals surface area contributed by atoms with E-state index in [1.165, 1.54) is 6.42 Å². The Morgan fingerprint density at radius 1 is 1.09 bits per heavy atom. The van der Waals surface area contributed by atoms with Crippen LogP contribution in [0.2, 0.25) is 5.02 Å². The van der Waals surface area contributed by atoms with Gasteiger partial charge in [-0.15, -0.1) is 0 Å². The monoisotopic (exact) mass is 453 g/mol. The van der Waals surface area contributed by atoms with Crippen molar-refractivity contribution in [3.8, 4) is 11.3 Å². The molecule has 1 aromatic heterocycles. The first-order chi connectivity index (χ1) is 15.7. The molecule has 4 rings (SSSR count). The topological polar surface area (TPSA) is 58.8 Å². The van der Waals surface area contributed by atoms with E-state index < -0.39 is 0 Å². The van der Waals surface area contributed by atoms with E-state index in [-0.39, 0.29) is 5.91 Å².